The maximum Gasteiger partial charge on any atom is 0.238 e. The Morgan fingerprint density at radius 3 is 1.52 bits per heavy atom. The highest BCUT2D eigenvalue weighted by Gasteiger charge is 2.42. The van der Waals surface area contributed by atoms with Crippen LogP contribution in [-0.2, 0) is 10.8 Å². The average Bonchev–Trinajstić information content (AvgIpc) is 3.87. The zero-order valence-electron chi connectivity index (χ0n) is 37.4. The van der Waals surface area contributed by atoms with Crippen molar-refractivity contribution in [2.45, 2.75) is 51.9 Å². The Balaban J connectivity index is 1.04. The van der Waals surface area contributed by atoms with Gasteiger partial charge in [0.05, 0.1) is 22.1 Å². The first kappa shape index (κ1) is 39.0. The number of nitrogens with zero attached hydrogens (tertiary/aromatic N) is 5. The van der Waals surface area contributed by atoms with Gasteiger partial charge < -0.3 is 4.57 Å². The lowest BCUT2D eigenvalue weighted by Gasteiger charge is -2.46. The zero-order chi connectivity index (χ0) is 44.0. The van der Waals surface area contributed by atoms with E-state index in [1.165, 1.54) is 50.6 Å². The van der Waals surface area contributed by atoms with Crippen molar-refractivity contribution in [1.82, 2.24) is 24.1 Å². The van der Waals surface area contributed by atoms with Crippen LogP contribution in [0.3, 0.4) is 0 Å². The summed E-state index contributed by atoms with van der Waals surface area (Å²) < 4.78 is 4.68. The first-order chi connectivity index (χ1) is 31.6. The SMILES string of the molecule is CC1CC(C)(C)c2ccc(-c3cccc(-c4ccc(-n5c6ccccc6c6ccc7c8ccccc8n(-c8nc(-c9ccccc9)nc(-c9ccccc9)n8)c7c65)cc4)c3)cc2C1(C)C. The molecule has 3 heterocycles. The van der Waals surface area contributed by atoms with E-state index in [1.54, 1.807) is 0 Å². The van der Waals surface area contributed by atoms with Gasteiger partial charge in [0.1, 0.15) is 0 Å². The maximum atomic E-state index is 5.28. The molecule has 0 aliphatic heterocycles. The molecule has 0 saturated heterocycles. The van der Waals surface area contributed by atoms with E-state index in [1.807, 2.05) is 36.4 Å². The molecular weight excluding hydrogens is 791 g/mol. The molecule has 0 amide bonds. The maximum absolute atomic E-state index is 5.28. The number of fused-ring (bicyclic) bond motifs is 8. The zero-order valence-corrected chi connectivity index (χ0v) is 37.4. The third-order valence-corrected chi connectivity index (χ3v) is 14.5. The fourth-order valence-electron chi connectivity index (χ4n) is 10.8. The van der Waals surface area contributed by atoms with Crippen molar-refractivity contribution < 1.29 is 0 Å². The van der Waals surface area contributed by atoms with Crippen molar-refractivity contribution in [3.8, 4) is 56.7 Å². The molecule has 3 aromatic heterocycles. The molecule has 314 valence electrons. The number of hydrogen-bond donors (Lipinski definition) is 0. The van der Waals surface area contributed by atoms with Crippen molar-refractivity contribution in [2.75, 3.05) is 0 Å². The summed E-state index contributed by atoms with van der Waals surface area (Å²) in [5, 5.41) is 4.63. The van der Waals surface area contributed by atoms with Crippen molar-refractivity contribution in [3.63, 3.8) is 0 Å². The Morgan fingerprint density at radius 1 is 0.415 bits per heavy atom. The van der Waals surface area contributed by atoms with Crippen molar-refractivity contribution >= 4 is 43.6 Å². The topological polar surface area (TPSA) is 48.5 Å². The van der Waals surface area contributed by atoms with Crippen LogP contribution in [-0.4, -0.2) is 24.1 Å². The fourth-order valence-corrected chi connectivity index (χ4v) is 10.8. The van der Waals surface area contributed by atoms with Gasteiger partial charge in [0.15, 0.2) is 11.6 Å². The van der Waals surface area contributed by atoms with Crippen LogP contribution in [0.5, 0.6) is 0 Å². The standard InChI is InChI=1S/C60H49N5/c1-38-37-59(2,3)50-34-29-44(36-51(50)60(38,4)5)43-22-16-21-42(35-43)39-27-30-45(31-28-39)64-52-25-14-12-23-46(52)48-32-33-49-47-24-13-15-26-53(47)65(55(49)54(48)64)58-62-56(40-17-8-6-9-18-40)61-57(63-58)41-19-10-7-11-20-41/h6-36,38H,37H2,1-5H3. The molecule has 0 spiro atoms. The minimum absolute atomic E-state index is 0.114. The lowest BCUT2D eigenvalue weighted by Crippen LogP contribution is -2.40. The van der Waals surface area contributed by atoms with Gasteiger partial charge >= 0.3 is 0 Å². The van der Waals surface area contributed by atoms with Gasteiger partial charge in [-0.25, -0.2) is 4.98 Å². The average molecular weight is 840 g/mol. The molecule has 1 aliphatic carbocycles. The molecule has 5 nitrogen and oxygen atoms in total. The molecule has 12 rings (SSSR count). The molecule has 0 fully saturated rings. The molecule has 8 aromatic carbocycles. The van der Waals surface area contributed by atoms with E-state index in [4.69, 9.17) is 15.0 Å². The van der Waals surface area contributed by atoms with E-state index < -0.39 is 0 Å². The Hall–Kier alpha value is -7.63. The summed E-state index contributed by atoms with van der Waals surface area (Å²) in [6.45, 7) is 12.1. The number of para-hydroxylation sites is 2. The van der Waals surface area contributed by atoms with Crippen LogP contribution >= 0.6 is 0 Å². The summed E-state index contributed by atoms with van der Waals surface area (Å²) >= 11 is 0. The van der Waals surface area contributed by atoms with E-state index in [-0.39, 0.29) is 10.8 Å². The first-order valence-electron chi connectivity index (χ1n) is 22.8. The van der Waals surface area contributed by atoms with E-state index in [2.05, 4.69) is 195 Å². The van der Waals surface area contributed by atoms with Crippen LogP contribution in [0.2, 0.25) is 0 Å². The van der Waals surface area contributed by atoms with E-state index in [0.717, 1.165) is 49.7 Å². The molecule has 65 heavy (non-hydrogen) atoms. The third-order valence-electron chi connectivity index (χ3n) is 14.5. The monoisotopic (exact) mass is 839 g/mol. The minimum atomic E-state index is 0.114. The van der Waals surface area contributed by atoms with E-state index in [0.29, 0.717) is 23.5 Å². The van der Waals surface area contributed by atoms with Gasteiger partial charge in [0.2, 0.25) is 5.95 Å². The fraction of sp³-hybridized carbons (Fsp3) is 0.150. The van der Waals surface area contributed by atoms with Crippen LogP contribution in [0.1, 0.15) is 52.2 Å². The van der Waals surface area contributed by atoms with Crippen LogP contribution < -0.4 is 0 Å². The van der Waals surface area contributed by atoms with Crippen LogP contribution in [0, 0.1) is 5.92 Å². The Bertz CT molecular complexity index is 3570. The molecule has 0 N–H and O–H groups in total. The van der Waals surface area contributed by atoms with Gasteiger partial charge in [0.25, 0.3) is 0 Å². The lowest BCUT2D eigenvalue weighted by atomic mass is 9.58. The predicted molar refractivity (Wildman–Crippen MR) is 270 cm³/mol. The Morgan fingerprint density at radius 2 is 0.908 bits per heavy atom. The summed E-state index contributed by atoms with van der Waals surface area (Å²) in [5.41, 5.74) is 15.4. The van der Waals surface area contributed by atoms with Gasteiger partial charge in [-0.05, 0) is 86.9 Å². The number of benzene rings is 8. The normalized spacial score (nSPS) is 15.5. The molecule has 1 unspecified atom stereocenters. The van der Waals surface area contributed by atoms with Crippen molar-refractivity contribution in [2.24, 2.45) is 5.92 Å². The second-order valence-electron chi connectivity index (χ2n) is 19.2. The van der Waals surface area contributed by atoms with Crippen LogP contribution in [0.4, 0.5) is 0 Å². The summed E-state index contributed by atoms with van der Waals surface area (Å²) in [4.78, 5) is 15.6. The number of hydrogen-bond acceptors (Lipinski definition) is 3. The molecule has 1 atom stereocenters. The molecule has 0 saturated carbocycles. The molecule has 11 aromatic rings. The quantitative estimate of drug-likeness (QED) is 0.168. The molecular formula is C60H49N5. The first-order valence-corrected chi connectivity index (χ1v) is 22.8. The third kappa shape index (κ3) is 6.24. The molecule has 5 heteroatoms. The molecule has 1 aliphatic rings. The minimum Gasteiger partial charge on any atom is -0.307 e. The van der Waals surface area contributed by atoms with Crippen molar-refractivity contribution in [3.05, 3.63) is 199 Å². The Labute approximate surface area is 379 Å². The summed E-state index contributed by atoms with van der Waals surface area (Å²) in [7, 11) is 0. The summed E-state index contributed by atoms with van der Waals surface area (Å²) in [5.74, 6) is 2.43. The van der Waals surface area contributed by atoms with Gasteiger partial charge in [-0.2, -0.15) is 9.97 Å². The Kier molecular flexibility index (Phi) is 8.83. The summed E-state index contributed by atoms with van der Waals surface area (Å²) in [6, 6.07) is 67.6. The lowest BCUT2D eigenvalue weighted by molar-refractivity contribution is 0.233. The van der Waals surface area contributed by atoms with Gasteiger partial charge in [-0.15, -0.1) is 0 Å². The van der Waals surface area contributed by atoms with Gasteiger partial charge in [-0.1, -0.05) is 192 Å². The second kappa shape index (κ2) is 14.7. The van der Waals surface area contributed by atoms with Crippen molar-refractivity contribution in [1.29, 1.82) is 0 Å². The van der Waals surface area contributed by atoms with Crippen LogP contribution in [0.15, 0.2) is 188 Å². The highest BCUT2D eigenvalue weighted by Crippen LogP contribution is 2.50. The highest BCUT2D eigenvalue weighted by molar-refractivity contribution is 6.23. The summed E-state index contributed by atoms with van der Waals surface area (Å²) in [6.07, 6.45) is 1.20. The van der Waals surface area contributed by atoms with Gasteiger partial charge in [-0.3, -0.25) is 4.57 Å². The number of aromatic nitrogens is 5. The van der Waals surface area contributed by atoms with E-state index in [9.17, 15) is 0 Å². The van der Waals surface area contributed by atoms with E-state index >= 15 is 0 Å². The largest absolute Gasteiger partial charge is 0.307 e. The van der Waals surface area contributed by atoms with Crippen LogP contribution in [0.25, 0.3) is 100 Å². The molecule has 0 radical (unpaired) electrons. The highest BCUT2D eigenvalue weighted by atomic mass is 15.2. The van der Waals surface area contributed by atoms with Gasteiger partial charge in [0, 0.05) is 38.4 Å². The number of rotatable bonds is 6. The second-order valence-corrected chi connectivity index (χ2v) is 19.2. The predicted octanol–water partition coefficient (Wildman–Crippen LogP) is 15.3. The molecule has 0 bridgehead atoms. The smallest absolute Gasteiger partial charge is 0.238 e.